The van der Waals surface area contributed by atoms with E-state index in [1.165, 1.54) is 0 Å². The van der Waals surface area contributed by atoms with Crippen LogP contribution in [0.25, 0.3) is 0 Å². The monoisotopic (exact) mass is 236 g/mol. The molecule has 94 valence electrons. The summed E-state index contributed by atoms with van der Waals surface area (Å²) in [5.74, 6) is -0.809. The van der Waals surface area contributed by atoms with Gasteiger partial charge in [0.2, 0.25) is 0 Å². The molecule has 0 spiro atoms. The number of phenolic OH excluding ortho intramolecular Hbond substituents is 1. The van der Waals surface area contributed by atoms with Gasteiger partial charge in [0.1, 0.15) is 5.75 Å². The highest BCUT2D eigenvalue weighted by molar-refractivity contribution is 5.76. The van der Waals surface area contributed by atoms with Crippen LogP contribution >= 0.6 is 0 Å². The molecule has 3 nitrogen and oxygen atoms in total. The van der Waals surface area contributed by atoms with Crippen LogP contribution in [0.2, 0.25) is 0 Å². The van der Waals surface area contributed by atoms with Crippen molar-refractivity contribution in [2.75, 3.05) is 0 Å². The van der Waals surface area contributed by atoms with Gasteiger partial charge in [0.05, 0.1) is 5.92 Å². The van der Waals surface area contributed by atoms with E-state index in [1.807, 2.05) is 26.8 Å². The molecule has 0 aliphatic heterocycles. The maximum atomic E-state index is 11.1. The van der Waals surface area contributed by atoms with Crippen molar-refractivity contribution in [3.05, 3.63) is 29.3 Å². The summed E-state index contributed by atoms with van der Waals surface area (Å²) < 4.78 is 0. The Labute approximate surface area is 102 Å². The summed E-state index contributed by atoms with van der Waals surface area (Å²) >= 11 is 0. The third-order valence-electron chi connectivity index (χ3n) is 3.30. The van der Waals surface area contributed by atoms with E-state index in [4.69, 9.17) is 5.11 Å². The fraction of sp³-hybridized carbons (Fsp3) is 0.500. The quantitative estimate of drug-likeness (QED) is 0.822. The van der Waals surface area contributed by atoms with Gasteiger partial charge >= 0.3 is 5.97 Å². The minimum absolute atomic E-state index is 0.237. The summed E-state index contributed by atoms with van der Waals surface area (Å²) in [6.45, 7) is 5.93. The first kappa shape index (κ1) is 13.6. The average molecular weight is 236 g/mol. The molecule has 0 aromatic heterocycles. The van der Waals surface area contributed by atoms with E-state index in [-0.39, 0.29) is 11.7 Å². The predicted molar refractivity (Wildman–Crippen MR) is 67.5 cm³/mol. The fourth-order valence-corrected chi connectivity index (χ4v) is 1.96. The molecule has 1 aromatic carbocycles. The lowest BCUT2D eigenvalue weighted by atomic mass is 9.90. The minimum atomic E-state index is -0.812. The Hall–Kier alpha value is -1.51. The van der Waals surface area contributed by atoms with Crippen LogP contribution in [-0.4, -0.2) is 16.2 Å². The van der Waals surface area contributed by atoms with Crippen molar-refractivity contribution in [1.82, 2.24) is 0 Å². The molecule has 0 radical (unpaired) electrons. The lowest BCUT2D eigenvalue weighted by Crippen LogP contribution is -2.11. The number of carboxylic acids is 1. The van der Waals surface area contributed by atoms with Crippen molar-refractivity contribution in [2.45, 2.75) is 45.4 Å². The second-order valence-corrected chi connectivity index (χ2v) is 4.43. The number of carboxylic acid groups (broad SMARTS) is 1. The van der Waals surface area contributed by atoms with Gasteiger partial charge in [-0.05, 0) is 36.0 Å². The molecule has 0 aliphatic rings. The number of benzene rings is 1. The van der Waals surface area contributed by atoms with E-state index in [2.05, 4.69) is 0 Å². The summed E-state index contributed by atoms with van der Waals surface area (Å²) in [6.07, 6.45) is 1.47. The van der Waals surface area contributed by atoms with Crippen LogP contribution < -0.4 is 0 Å². The van der Waals surface area contributed by atoms with Gasteiger partial charge in [-0.15, -0.1) is 0 Å². The number of rotatable bonds is 5. The smallest absolute Gasteiger partial charge is 0.310 e. The molecule has 1 aromatic rings. The molecule has 2 unspecified atom stereocenters. The van der Waals surface area contributed by atoms with E-state index >= 15 is 0 Å². The molecule has 0 bridgehead atoms. The highest BCUT2D eigenvalue weighted by Crippen LogP contribution is 2.31. The first-order valence-electron chi connectivity index (χ1n) is 6.06. The van der Waals surface area contributed by atoms with Crippen LogP contribution in [0, 0.1) is 0 Å². The fourth-order valence-electron chi connectivity index (χ4n) is 1.96. The Kier molecular flexibility index (Phi) is 4.55. The SMILES string of the molecule is CCC(C)c1cc(C(CC)C(=O)O)ccc1O. The van der Waals surface area contributed by atoms with Gasteiger partial charge in [-0.1, -0.05) is 32.9 Å². The molecule has 0 saturated heterocycles. The van der Waals surface area contributed by atoms with Crippen LogP contribution in [-0.2, 0) is 4.79 Å². The molecule has 2 atom stereocenters. The van der Waals surface area contributed by atoms with Crippen molar-refractivity contribution in [3.8, 4) is 5.75 Å². The summed E-state index contributed by atoms with van der Waals surface area (Å²) in [4.78, 5) is 11.1. The van der Waals surface area contributed by atoms with Gasteiger partial charge in [0.25, 0.3) is 0 Å². The Morgan fingerprint density at radius 1 is 1.29 bits per heavy atom. The Balaban J connectivity index is 3.15. The number of phenols is 1. The van der Waals surface area contributed by atoms with E-state index in [9.17, 15) is 9.90 Å². The second-order valence-electron chi connectivity index (χ2n) is 4.43. The Bertz CT molecular complexity index is 398. The number of aromatic hydroxyl groups is 1. The third-order valence-corrected chi connectivity index (χ3v) is 3.30. The molecule has 1 rings (SSSR count). The third kappa shape index (κ3) is 2.99. The Morgan fingerprint density at radius 2 is 1.94 bits per heavy atom. The summed E-state index contributed by atoms with van der Waals surface area (Å²) in [6, 6.07) is 5.12. The molecule has 0 fully saturated rings. The highest BCUT2D eigenvalue weighted by Gasteiger charge is 2.19. The summed E-state index contributed by atoms with van der Waals surface area (Å²) in [7, 11) is 0. The van der Waals surface area contributed by atoms with Gasteiger partial charge < -0.3 is 10.2 Å². The van der Waals surface area contributed by atoms with E-state index in [0.717, 1.165) is 17.5 Å². The van der Waals surface area contributed by atoms with Gasteiger partial charge in [0, 0.05) is 0 Å². The minimum Gasteiger partial charge on any atom is -0.508 e. The molecule has 0 heterocycles. The van der Waals surface area contributed by atoms with Crippen molar-refractivity contribution in [1.29, 1.82) is 0 Å². The lowest BCUT2D eigenvalue weighted by molar-refractivity contribution is -0.138. The number of hydrogen-bond acceptors (Lipinski definition) is 2. The molecule has 17 heavy (non-hydrogen) atoms. The van der Waals surface area contributed by atoms with Crippen molar-refractivity contribution in [3.63, 3.8) is 0 Å². The summed E-state index contributed by atoms with van der Waals surface area (Å²) in [5.41, 5.74) is 1.61. The van der Waals surface area contributed by atoms with Crippen LogP contribution in [0.5, 0.6) is 5.75 Å². The van der Waals surface area contributed by atoms with Crippen molar-refractivity contribution < 1.29 is 15.0 Å². The molecule has 3 heteroatoms. The zero-order valence-corrected chi connectivity index (χ0v) is 10.6. The topological polar surface area (TPSA) is 57.5 Å². The maximum absolute atomic E-state index is 11.1. The van der Waals surface area contributed by atoms with E-state index in [0.29, 0.717) is 6.42 Å². The standard InChI is InChI=1S/C14H20O3/c1-4-9(3)12-8-10(6-7-13(12)15)11(5-2)14(16)17/h6-9,11,15H,4-5H2,1-3H3,(H,16,17). The largest absolute Gasteiger partial charge is 0.508 e. The zero-order chi connectivity index (χ0) is 13.0. The molecular weight excluding hydrogens is 216 g/mol. The Morgan fingerprint density at radius 3 is 2.41 bits per heavy atom. The molecular formula is C14H20O3. The van der Waals surface area contributed by atoms with Gasteiger partial charge in [-0.25, -0.2) is 0 Å². The van der Waals surface area contributed by atoms with Crippen LogP contribution in [0.1, 0.15) is 56.6 Å². The second kappa shape index (κ2) is 5.71. The van der Waals surface area contributed by atoms with Gasteiger partial charge in [-0.2, -0.15) is 0 Å². The van der Waals surface area contributed by atoms with Crippen molar-refractivity contribution in [2.24, 2.45) is 0 Å². The molecule has 2 N–H and O–H groups in total. The summed E-state index contributed by atoms with van der Waals surface area (Å²) in [5, 5.41) is 18.9. The lowest BCUT2D eigenvalue weighted by Gasteiger charge is -2.16. The molecule has 0 amide bonds. The highest BCUT2D eigenvalue weighted by atomic mass is 16.4. The number of carbonyl (C=O) groups is 1. The first-order chi connectivity index (χ1) is 8.01. The predicted octanol–water partition coefficient (Wildman–Crippen LogP) is 3.48. The average Bonchev–Trinajstić information content (AvgIpc) is 2.30. The van der Waals surface area contributed by atoms with Crippen molar-refractivity contribution >= 4 is 5.97 Å². The number of aliphatic carboxylic acids is 1. The maximum Gasteiger partial charge on any atom is 0.310 e. The van der Waals surface area contributed by atoms with Crippen LogP contribution in [0.4, 0.5) is 0 Å². The van der Waals surface area contributed by atoms with Gasteiger partial charge in [-0.3, -0.25) is 4.79 Å². The van der Waals surface area contributed by atoms with E-state index in [1.54, 1.807) is 12.1 Å². The molecule has 0 saturated carbocycles. The normalized spacial score (nSPS) is 14.3. The van der Waals surface area contributed by atoms with Gasteiger partial charge in [0.15, 0.2) is 0 Å². The number of hydrogen-bond donors (Lipinski definition) is 2. The van der Waals surface area contributed by atoms with Crippen LogP contribution in [0.15, 0.2) is 18.2 Å². The van der Waals surface area contributed by atoms with Crippen LogP contribution in [0.3, 0.4) is 0 Å². The van der Waals surface area contributed by atoms with E-state index < -0.39 is 11.9 Å². The zero-order valence-electron chi connectivity index (χ0n) is 10.6. The molecule has 0 aliphatic carbocycles. The first-order valence-corrected chi connectivity index (χ1v) is 6.06.